The molecular weight excluding hydrogens is 240 g/mol. The average Bonchev–Trinajstić information content (AvgIpc) is 2.30. The summed E-state index contributed by atoms with van der Waals surface area (Å²) in [6, 6.07) is 5.86. The molecule has 0 unspecified atom stereocenters. The molecule has 0 radical (unpaired) electrons. The molecule has 0 aliphatic carbocycles. The highest BCUT2D eigenvalue weighted by molar-refractivity contribution is 5.94. The van der Waals surface area contributed by atoms with Crippen molar-refractivity contribution in [1.82, 2.24) is 5.32 Å². The van der Waals surface area contributed by atoms with Crippen LogP contribution in [0.15, 0.2) is 18.2 Å². The molecule has 2 N–H and O–H groups in total. The normalized spacial score (nSPS) is 13.0. The van der Waals surface area contributed by atoms with Gasteiger partial charge in [0.1, 0.15) is 5.75 Å². The number of amides is 1. The van der Waals surface area contributed by atoms with Gasteiger partial charge in [-0.2, -0.15) is 0 Å². The highest BCUT2D eigenvalue weighted by Crippen LogP contribution is 2.32. The Hall–Kier alpha value is -1.26. The summed E-state index contributed by atoms with van der Waals surface area (Å²) in [5.74, 6) is 0.781. The van der Waals surface area contributed by atoms with Gasteiger partial charge in [0.25, 0.3) is 0 Å². The highest BCUT2D eigenvalue weighted by Gasteiger charge is 2.15. The number of benzene rings is 1. The third-order valence-corrected chi connectivity index (χ3v) is 2.54. The van der Waals surface area contributed by atoms with Crippen LogP contribution in [0.3, 0.4) is 0 Å². The maximum Gasteiger partial charge on any atom is 0.238 e. The molecule has 94 valence electrons. The van der Waals surface area contributed by atoms with Crippen molar-refractivity contribution in [2.45, 2.75) is 12.8 Å². The summed E-state index contributed by atoms with van der Waals surface area (Å²) in [7, 11) is 1.75. The Labute approximate surface area is 107 Å². The van der Waals surface area contributed by atoms with Crippen LogP contribution in [0.1, 0.15) is 12.0 Å². The van der Waals surface area contributed by atoms with E-state index in [0.717, 1.165) is 30.9 Å². The predicted octanol–water partition coefficient (Wildman–Crippen LogP) is 1.59. The molecule has 0 spiro atoms. The van der Waals surface area contributed by atoms with Gasteiger partial charge in [-0.25, -0.2) is 0 Å². The number of hydrogen-bond donors (Lipinski definition) is 2. The van der Waals surface area contributed by atoms with Gasteiger partial charge in [-0.15, -0.1) is 12.4 Å². The van der Waals surface area contributed by atoms with Crippen molar-refractivity contribution in [3.8, 4) is 5.75 Å². The first kappa shape index (κ1) is 13.8. The van der Waals surface area contributed by atoms with Crippen LogP contribution in [0.2, 0.25) is 0 Å². The monoisotopic (exact) mass is 256 g/mol. The zero-order chi connectivity index (χ0) is 11.4. The molecule has 1 aliphatic rings. The Bertz CT molecular complexity index is 396. The maximum absolute atomic E-state index is 11.5. The number of hydrogen-bond acceptors (Lipinski definition) is 3. The van der Waals surface area contributed by atoms with Crippen LogP contribution in [-0.4, -0.2) is 26.1 Å². The fourth-order valence-electron chi connectivity index (χ4n) is 1.84. The lowest BCUT2D eigenvalue weighted by molar-refractivity contribution is -0.115. The molecule has 5 heteroatoms. The van der Waals surface area contributed by atoms with E-state index in [1.54, 1.807) is 7.05 Å². The molecule has 1 amide bonds. The Morgan fingerprint density at radius 3 is 3.06 bits per heavy atom. The summed E-state index contributed by atoms with van der Waals surface area (Å²) in [6.07, 6.45) is 2.06. The number of carbonyl (C=O) groups excluding carboxylic acids is 1. The van der Waals surface area contributed by atoms with Crippen molar-refractivity contribution >= 4 is 24.0 Å². The van der Waals surface area contributed by atoms with E-state index >= 15 is 0 Å². The lowest BCUT2D eigenvalue weighted by Crippen LogP contribution is -2.25. The third kappa shape index (κ3) is 3.35. The van der Waals surface area contributed by atoms with Gasteiger partial charge in [-0.1, -0.05) is 12.1 Å². The molecule has 17 heavy (non-hydrogen) atoms. The summed E-state index contributed by atoms with van der Waals surface area (Å²) in [5, 5.41) is 5.66. The van der Waals surface area contributed by atoms with E-state index < -0.39 is 0 Å². The number of para-hydroxylation sites is 1. The second-order valence-electron chi connectivity index (χ2n) is 3.82. The lowest BCUT2D eigenvalue weighted by atomic mass is 10.1. The van der Waals surface area contributed by atoms with Crippen molar-refractivity contribution in [1.29, 1.82) is 0 Å². The lowest BCUT2D eigenvalue weighted by Gasteiger charge is -2.20. The van der Waals surface area contributed by atoms with E-state index in [9.17, 15) is 4.79 Å². The number of likely N-dealkylation sites (N-methyl/N-ethyl adjacent to an activating group) is 1. The van der Waals surface area contributed by atoms with Crippen LogP contribution in [0.4, 0.5) is 5.69 Å². The first-order valence-corrected chi connectivity index (χ1v) is 5.50. The van der Waals surface area contributed by atoms with Gasteiger partial charge in [-0.05, 0) is 31.5 Å². The fraction of sp³-hybridized carbons (Fsp3) is 0.417. The van der Waals surface area contributed by atoms with Gasteiger partial charge >= 0.3 is 0 Å². The molecule has 1 aliphatic heterocycles. The fourth-order valence-corrected chi connectivity index (χ4v) is 1.84. The molecule has 0 saturated heterocycles. The average molecular weight is 257 g/mol. The van der Waals surface area contributed by atoms with Crippen LogP contribution >= 0.6 is 12.4 Å². The Balaban J connectivity index is 0.00000144. The number of rotatable bonds is 3. The number of ether oxygens (including phenoxy) is 1. The maximum atomic E-state index is 11.5. The molecule has 2 rings (SSSR count). The first-order chi connectivity index (χ1) is 7.81. The summed E-state index contributed by atoms with van der Waals surface area (Å²) in [5.41, 5.74) is 1.95. The molecule has 0 atom stereocenters. The van der Waals surface area contributed by atoms with Crippen LogP contribution < -0.4 is 15.4 Å². The predicted molar refractivity (Wildman–Crippen MR) is 70.1 cm³/mol. The number of carbonyl (C=O) groups is 1. The van der Waals surface area contributed by atoms with Crippen molar-refractivity contribution in [2.24, 2.45) is 0 Å². The topological polar surface area (TPSA) is 50.4 Å². The van der Waals surface area contributed by atoms with Gasteiger partial charge in [0, 0.05) is 0 Å². The zero-order valence-corrected chi connectivity index (χ0v) is 10.6. The first-order valence-electron chi connectivity index (χ1n) is 5.50. The molecule has 0 saturated carbocycles. The number of aryl methyl sites for hydroxylation is 1. The van der Waals surface area contributed by atoms with E-state index in [4.69, 9.17) is 4.74 Å². The second-order valence-corrected chi connectivity index (χ2v) is 3.82. The number of fused-ring (bicyclic) bond motifs is 1. The van der Waals surface area contributed by atoms with Gasteiger partial charge in [0.15, 0.2) is 0 Å². The molecule has 0 aromatic heterocycles. The number of halogens is 1. The number of nitrogens with one attached hydrogen (secondary N) is 2. The minimum absolute atomic E-state index is 0. The Kier molecular flexibility index (Phi) is 5.25. The van der Waals surface area contributed by atoms with Crippen molar-refractivity contribution < 1.29 is 9.53 Å². The van der Waals surface area contributed by atoms with Crippen LogP contribution in [0.5, 0.6) is 5.75 Å². The molecule has 0 fully saturated rings. The quantitative estimate of drug-likeness (QED) is 0.864. The smallest absolute Gasteiger partial charge is 0.238 e. The zero-order valence-electron chi connectivity index (χ0n) is 9.79. The molecule has 1 aromatic rings. The van der Waals surface area contributed by atoms with Gasteiger partial charge in [-0.3, -0.25) is 4.79 Å². The molecular formula is C12H17ClN2O2. The summed E-state index contributed by atoms with van der Waals surface area (Å²) in [6.45, 7) is 1.04. The number of anilines is 1. The third-order valence-electron chi connectivity index (χ3n) is 2.54. The van der Waals surface area contributed by atoms with Crippen molar-refractivity contribution in [3.05, 3.63) is 23.8 Å². The Morgan fingerprint density at radius 1 is 1.47 bits per heavy atom. The minimum atomic E-state index is -0.0509. The van der Waals surface area contributed by atoms with Gasteiger partial charge < -0.3 is 15.4 Å². The van der Waals surface area contributed by atoms with Crippen molar-refractivity contribution in [2.75, 3.05) is 25.5 Å². The molecule has 0 bridgehead atoms. The molecule has 1 aromatic carbocycles. The summed E-state index contributed by atoms with van der Waals surface area (Å²) in [4.78, 5) is 11.5. The SMILES string of the molecule is CNCC(=O)Nc1cccc2c1OCCC2.Cl. The molecule has 4 nitrogen and oxygen atoms in total. The van der Waals surface area contributed by atoms with E-state index in [-0.39, 0.29) is 18.3 Å². The molecule has 1 heterocycles. The minimum Gasteiger partial charge on any atom is -0.491 e. The van der Waals surface area contributed by atoms with Crippen LogP contribution in [0, 0.1) is 0 Å². The van der Waals surface area contributed by atoms with Gasteiger partial charge in [0.2, 0.25) is 5.91 Å². The second kappa shape index (κ2) is 6.47. The van der Waals surface area contributed by atoms with E-state index in [2.05, 4.69) is 10.6 Å². The summed E-state index contributed by atoms with van der Waals surface area (Å²) < 4.78 is 5.60. The van der Waals surface area contributed by atoms with E-state index in [0.29, 0.717) is 6.54 Å². The summed E-state index contributed by atoms with van der Waals surface area (Å²) >= 11 is 0. The van der Waals surface area contributed by atoms with Gasteiger partial charge in [0.05, 0.1) is 18.8 Å². The van der Waals surface area contributed by atoms with E-state index in [1.165, 1.54) is 5.56 Å². The van der Waals surface area contributed by atoms with Crippen LogP contribution in [0.25, 0.3) is 0 Å². The Morgan fingerprint density at radius 2 is 2.29 bits per heavy atom. The van der Waals surface area contributed by atoms with Crippen molar-refractivity contribution in [3.63, 3.8) is 0 Å². The highest BCUT2D eigenvalue weighted by atomic mass is 35.5. The van der Waals surface area contributed by atoms with E-state index in [1.807, 2.05) is 18.2 Å². The van der Waals surface area contributed by atoms with Crippen LogP contribution in [-0.2, 0) is 11.2 Å². The standard InChI is InChI=1S/C12H16N2O2.ClH/c1-13-8-11(15)14-10-6-2-4-9-5-3-7-16-12(9)10;/h2,4,6,13H,3,5,7-8H2,1H3,(H,14,15);1H. The largest absolute Gasteiger partial charge is 0.491 e.